The lowest BCUT2D eigenvalue weighted by Crippen LogP contribution is -3.15. The summed E-state index contributed by atoms with van der Waals surface area (Å²) in [5, 5.41) is 3.03. The molecule has 2 rings (SSSR count). The van der Waals surface area contributed by atoms with Crippen molar-refractivity contribution in [2.45, 2.75) is 34.1 Å². The van der Waals surface area contributed by atoms with Gasteiger partial charge in [-0.3, -0.25) is 4.79 Å². The summed E-state index contributed by atoms with van der Waals surface area (Å²) in [6.45, 7) is 11.6. The molecule has 1 aliphatic rings. The fourth-order valence-corrected chi connectivity index (χ4v) is 3.32. The van der Waals surface area contributed by atoms with E-state index in [9.17, 15) is 4.79 Å². The molecule has 1 amide bonds. The van der Waals surface area contributed by atoms with Crippen LogP contribution in [0.15, 0.2) is 18.2 Å². The van der Waals surface area contributed by atoms with Gasteiger partial charge in [0.15, 0.2) is 6.54 Å². The zero-order chi connectivity index (χ0) is 14.7. The third kappa shape index (κ3) is 4.07. The highest BCUT2D eigenvalue weighted by Crippen LogP contribution is 2.14. The largest absolute Gasteiger partial charge is 0.327 e. The van der Waals surface area contributed by atoms with E-state index < -0.39 is 0 Å². The van der Waals surface area contributed by atoms with Gasteiger partial charge >= 0.3 is 0 Å². The van der Waals surface area contributed by atoms with Crippen molar-refractivity contribution in [1.29, 1.82) is 0 Å². The third-order valence-corrected chi connectivity index (χ3v) is 4.28. The Morgan fingerprint density at radius 2 is 1.85 bits per heavy atom. The number of carbonyl (C=O) groups excluding carboxylic acids is 1. The molecule has 3 nitrogen and oxygen atoms in total. The molecule has 1 aliphatic heterocycles. The van der Waals surface area contributed by atoms with Crippen LogP contribution in [0.25, 0.3) is 0 Å². The van der Waals surface area contributed by atoms with Crippen molar-refractivity contribution < 1.29 is 9.69 Å². The number of benzene rings is 1. The Bertz CT molecular complexity index is 474. The van der Waals surface area contributed by atoms with Gasteiger partial charge in [-0.25, -0.2) is 0 Å². The molecule has 20 heavy (non-hydrogen) atoms. The van der Waals surface area contributed by atoms with E-state index in [2.05, 4.69) is 39.1 Å². The minimum Gasteiger partial charge on any atom is -0.327 e. The monoisotopic (exact) mass is 275 g/mol. The molecule has 1 fully saturated rings. The van der Waals surface area contributed by atoms with Crippen molar-refractivity contribution >= 4 is 11.6 Å². The van der Waals surface area contributed by atoms with Crippen molar-refractivity contribution in [2.75, 3.05) is 25.0 Å². The van der Waals surface area contributed by atoms with Crippen LogP contribution >= 0.6 is 0 Å². The van der Waals surface area contributed by atoms with E-state index in [-0.39, 0.29) is 5.91 Å². The Hall–Kier alpha value is -1.35. The van der Waals surface area contributed by atoms with Crippen LogP contribution in [0.4, 0.5) is 5.69 Å². The van der Waals surface area contributed by atoms with E-state index in [4.69, 9.17) is 0 Å². The van der Waals surface area contributed by atoms with Gasteiger partial charge in [0, 0.05) is 17.5 Å². The van der Waals surface area contributed by atoms with Gasteiger partial charge in [0.1, 0.15) is 0 Å². The molecule has 0 bridgehead atoms. The summed E-state index contributed by atoms with van der Waals surface area (Å²) >= 11 is 0. The molecule has 1 saturated heterocycles. The van der Waals surface area contributed by atoms with Gasteiger partial charge in [-0.05, 0) is 43.5 Å². The van der Waals surface area contributed by atoms with Crippen LogP contribution < -0.4 is 10.2 Å². The van der Waals surface area contributed by atoms with Crippen molar-refractivity contribution in [1.82, 2.24) is 0 Å². The lowest BCUT2D eigenvalue weighted by Gasteiger charge is -2.31. The molecule has 1 aromatic rings. The maximum Gasteiger partial charge on any atom is 0.279 e. The zero-order valence-electron chi connectivity index (χ0n) is 13.1. The van der Waals surface area contributed by atoms with E-state index in [1.165, 1.54) is 22.4 Å². The van der Waals surface area contributed by atoms with Crippen LogP contribution in [0.3, 0.4) is 0 Å². The highest BCUT2D eigenvalue weighted by molar-refractivity contribution is 5.91. The minimum atomic E-state index is 0.129. The van der Waals surface area contributed by atoms with Gasteiger partial charge in [0.25, 0.3) is 5.91 Å². The predicted octanol–water partition coefficient (Wildman–Crippen LogP) is 1.80. The number of rotatable bonds is 3. The zero-order valence-corrected chi connectivity index (χ0v) is 13.1. The Labute approximate surface area is 122 Å². The van der Waals surface area contributed by atoms with Crippen molar-refractivity contribution in [3.05, 3.63) is 29.3 Å². The van der Waals surface area contributed by atoms with E-state index in [1.807, 2.05) is 12.1 Å². The van der Waals surface area contributed by atoms with Gasteiger partial charge in [0.05, 0.1) is 13.1 Å². The molecule has 2 N–H and O–H groups in total. The fraction of sp³-hybridized carbons (Fsp3) is 0.588. The average Bonchev–Trinajstić information content (AvgIpc) is 2.32. The Balaban J connectivity index is 1.90. The third-order valence-electron chi connectivity index (χ3n) is 4.28. The van der Waals surface area contributed by atoms with Crippen molar-refractivity contribution in [3.8, 4) is 0 Å². The summed E-state index contributed by atoms with van der Waals surface area (Å²) in [5.41, 5.74) is 3.39. The molecule has 0 radical (unpaired) electrons. The van der Waals surface area contributed by atoms with Crippen LogP contribution in [0.5, 0.6) is 0 Å². The second kappa shape index (κ2) is 6.40. The van der Waals surface area contributed by atoms with E-state index >= 15 is 0 Å². The van der Waals surface area contributed by atoms with Crippen LogP contribution in [-0.4, -0.2) is 25.5 Å². The summed E-state index contributed by atoms with van der Waals surface area (Å²) in [4.78, 5) is 13.6. The van der Waals surface area contributed by atoms with Crippen molar-refractivity contribution in [3.63, 3.8) is 0 Å². The van der Waals surface area contributed by atoms with E-state index in [0.717, 1.165) is 30.6 Å². The van der Waals surface area contributed by atoms with Crippen LogP contribution in [0.2, 0.25) is 0 Å². The number of quaternary nitrogens is 1. The van der Waals surface area contributed by atoms with Gasteiger partial charge < -0.3 is 10.2 Å². The minimum absolute atomic E-state index is 0.129. The quantitative estimate of drug-likeness (QED) is 0.866. The molecular weight excluding hydrogens is 248 g/mol. The van der Waals surface area contributed by atoms with Gasteiger partial charge in [-0.1, -0.05) is 19.9 Å². The molecule has 0 saturated carbocycles. The molecule has 110 valence electrons. The lowest BCUT2D eigenvalue weighted by atomic mass is 9.92. The predicted molar refractivity (Wildman–Crippen MR) is 83.1 cm³/mol. The van der Waals surface area contributed by atoms with E-state index in [0.29, 0.717) is 6.54 Å². The van der Waals surface area contributed by atoms with Gasteiger partial charge in [0.2, 0.25) is 0 Å². The molecule has 1 aromatic carbocycles. The Morgan fingerprint density at radius 1 is 1.20 bits per heavy atom. The highest BCUT2D eigenvalue weighted by Gasteiger charge is 2.26. The fourth-order valence-electron chi connectivity index (χ4n) is 3.32. The first-order valence-corrected chi connectivity index (χ1v) is 7.64. The van der Waals surface area contributed by atoms with Crippen LogP contribution in [-0.2, 0) is 4.79 Å². The molecular formula is C17H27N2O+. The summed E-state index contributed by atoms with van der Waals surface area (Å²) in [5.74, 6) is 1.58. The number of anilines is 1. The molecule has 3 heteroatoms. The summed E-state index contributed by atoms with van der Waals surface area (Å²) in [7, 11) is 0. The second-order valence-electron chi connectivity index (χ2n) is 6.63. The number of nitrogens with one attached hydrogen (secondary N) is 2. The maximum absolute atomic E-state index is 12.2. The topological polar surface area (TPSA) is 33.5 Å². The number of aryl methyl sites for hydroxylation is 2. The van der Waals surface area contributed by atoms with E-state index in [1.54, 1.807) is 0 Å². The Morgan fingerprint density at radius 3 is 2.45 bits per heavy atom. The van der Waals surface area contributed by atoms with Crippen LogP contribution in [0.1, 0.15) is 31.4 Å². The molecule has 1 heterocycles. The summed E-state index contributed by atoms with van der Waals surface area (Å²) < 4.78 is 0. The lowest BCUT2D eigenvalue weighted by molar-refractivity contribution is -0.904. The Kier molecular flexibility index (Phi) is 4.81. The van der Waals surface area contributed by atoms with Gasteiger partial charge in [-0.15, -0.1) is 0 Å². The van der Waals surface area contributed by atoms with Gasteiger partial charge in [-0.2, -0.15) is 0 Å². The average molecular weight is 275 g/mol. The summed E-state index contributed by atoms with van der Waals surface area (Å²) in [6, 6.07) is 6.09. The molecule has 0 aliphatic carbocycles. The normalized spacial score (nSPS) is 26.3. The number of carbonyl (C=O) groups is 1. The number of hydrogen-bond donors (Lipinski definition) is 2. The maximum atomic E-state index is 12.2. The molecule has 0 aromatic heterocycles. The smallest absolute Gasteiger partial charge is 0.279 e. The SMILES string of the molecule is Cc1ccc(NC(=O)C[NH+]2C[C@H](C)C[C@@H](C)C2)cc1C. The highest BCUT2D eigenvalue weighted by atomic mass is 16.2. The second-order valence-corrected chi connectivity index (χ2v) is 6.63. The first-order valence-electron chi connectivity index (χ1n) is 7.64. The number of hydrogen-bond acceptors (Lipinski definition) is 1. The first-order chi connectivity index (χ1) is 9.44. The number of piperidine rings is 1. The molecule has 2 atom stereocenters. The first kappa shape index (κ1) is 15.0. The molecule has 0 spiro atoms. The molecule has 0 unspecified atom stereocenters. The number of amides is 1. The van der Waals surface area contributed by atoms with Crippen LogP contribution in [0, 0.1) is 25.7 Å². The van der Waals surface area contributed by atoms with Crippen molar-refractivity contribution in [2.24, 2.45) is 11.8 Å². The summed E-state index contributed by atoms with van der Waals surface area (Å²) in [6.07, 6.45) is 1.29. The number of likely N-dealkylation sites (tertiary alicyclic amines) is 1. The standard InChI is InChI=1S/C17H26N2O/c1-12-7-13(2)10-19(9-12)11-17(20)18-16-6-5-14(3)15(4)8-16/h5-6,8,12-13H,7,9-11H2,1-4H3,(H,18,20)/p+1/t12-,13-/m1/s1.